The van der Waals surface area contributed by atoms with E-state index in [1.807, 2.05) is 42.6 Å². The Hall–Kier alpha value is -3.19. The summed E-state index contributed by atoms with van der Waals surface area (Å²) in [5.41, 5.74) is 3.53. The lowest BCUT2D eigenvalue weighted by atomic mass is 10.0. The second kappa shape index (κ2) is 8.05. The molecule has 1 aromatic carbocycles. The third-order valence-electron chi connectivity index (χ3n) is 5.19. The van der Waals surface area contributed by atoms with Crippen LogP contribution in [0.3, 0.4) is 0 Å². The summed E-state index contributed by atoms with van der Waals surface area (Å²) >= 11 is 5.61. The summed E-state index contributed by atoms with van der Waals surface area (Å²) in [7, 11) is 1.38. The largest absolute Gasteiger partial charge is 0.465 e. The van der Waals surface area contributed by atoms with Crippen molar-refractivity contribution in [1.29, 1.82) is 0 Å². The van der Waals surface area contributed by atoms with Crippen LogP contribution in [-0.4, -0.2) is 39.2 Å². The summed E-state index contributed by atoms with van der Waals surface area (Å²) < 4.78 is 6.92. The number of benzene rings is 1. The Balaban J connectivity index is 1.75. The molecule has 1 N–H and O–H groups in total. The first-order chi connectivity index (χ1) is 14.1. The predicted molar refractivity (Wildman–Crippen MR) is 115 cm³/mol. The van der Waals surface area contributed by atoms with Gasteiger partial charge in [0.25, 0.3) is 0 Å². The van der Waals surface area contributed by atoms with Gasteiger partial charge in [0.2, 0.25) is 0 Å². The van der Waals surface area contributed by atoms with E-state index in [1.54, 1.807) is 18.3 Å². The van der Waals surface area contributed by atoms with Gasteiger partial charge >= 0.3 is 5.97 Å². The molecule has 6 nitrogen and oxygen atoms in total. The van der Waals surface area contributed by atoms with Crippen molar-refractivity contribution in [3.05, 3.63) is 83.9 Å². The van der Waals surface area contributed by atoms with Crippen LogP contribution >= 0.6 is 12.2 Å². The monoisotopic (exact) mass is 406 g/mol. The molecule has 4 rings (SSSR count). The van der Waals surface area contributed by atoms with Crippen LogP contribution in [0.4, 0.5) is 0 Å². The lowest BCUT2D eigenvalue weighted by molar-refractivity contribution is 0.0600. The molecule has 0 bridgehead atoms. The van der Waals surface area contributed by atoms with Gasteiger partial charge in [-0.25, -0.2) is 4.79 Å². The van der Waals surface area contributed by atoms with Gasteiger partial charge in [0.15, 0.2) is 5.11 Å². The maximum Gasteiger partial charge on any atom is 0.337 e. The van der Waals surface area contributed by atoms with Gasteiger partial charge in [-0.05, 0) is 67.7 Å². The topological polar surface area (TPSA) is 59.4 Å². The van der Waals surface area contributed by atoms with E-state index in [2.05, 4.69) is 32.8 Å². The average Bonchev–Trinajstić information content (AvgIpc) is 3.37. The van der Waals surface area contributed by atoms with Gasteiger partial charge in [-0.15, -0.1) is 0 Å². The minimum atomic E-state index is -0.345. The highest BCUT2D eigenvalue weighted by atomic mass is 32.1. The van der Waals surface area contributed by atoms with E-state index in [1.165, 1.54) is 7.11 Å². The summed E-state index contributed by atoms with van der Waals surface area (Å²) in [5, 5.41) is 4.16. The number of aromatic nitrogens is 2. The molecule has 1 fully saturated rings. The molecule has 1 saturated heterocycles. The highest BCUT2D eigenvalue weighted by Crippen LogP contribution is 2.39. The highest BCUT2D eigenvalue weighted by Gasteiger charge is 2.40. The smallest absolute Gasteiger partial charge is 0.337 e. The first-order valence-corrected chi connectivity index (χ1v) is 9.89. The van der Waals surface area contributed by atoms with Crippen LogP contribution in [0.15, 0.2) is 67.0 Å². The molecule has 0 radical (unpaired) electrons. The fraction of sp³-hybridized carbons (Fsp3) is 0.227. The number of methoxy groups -OCH3 is 1. The predicted octanol–water partition coefficient (Wildman–Crippen LogP) is 3.65. The SMILES string of the molecule is CCN1C(=S)N[C@@H](c2ccccn2)[C@@H]1c1cccn1-c1ccc(C(=O)OC)cc1. The van der Waals surface area contributed by atoms with Crippen LogP contribution in [-0.2, 0) is 4.74 Å². The number of carbonyl (C=O) groups is 1. The van der Waals surface area contributed by atoms with Crippen molar-refractivity contribution >= 4 is 23.3 Å². The van der Waals surface area contributed by atoms with Crippen LogP contribution in [0.1, 0.15) is 40.8 Å². The Kier molecular flexibility index (Phi) is 5.31. The molecule has 2 atom stereocenters. The molecule has 148 valence electrons. The number of carbonyl (C=O) groups excluding carboxylic acids is 1. The molecule has 0 unspecified atom stereocenters. The maximum atomic E-state index is 11.7. The average molecular weight is 407 g/mol. The van der Waals surface area contributed by atoms with Crippen LogP contribution in [0.2, 0.25) is 0 Å². The van der Waals surface area contributed by atoms with Gasteiger partial charge in [0.1, 0.15) is 0 Å². The Labute approximate surface area is 175 Å². The fourth-order valence-electron chi connectivity index (χ4n) is 3.81. The minimum absolute atomic E-state index is 0.00214. The normalized spacial score (nSPS) is 18.6. The highest BCUT2D eigenvalue weighted by molar-refractivity contribution is 7.80. The van der Waals surface area contributed by atoms with Crippen molar-refractivity contribution in [1.82, 2.24) is 19.8 Å². The van der Waals surface area contributed by atoms with Crippen LogP contribution in [0.5, 0.6) is 0 Å². The van der Waals surface area contributed by atoms with Gasteiger partial charge < -0.3 is 19.5 Å². The molecular weight excluding hydrogens is 384 g/mol. The van der Waals surface area contributed by atoms with E-state index >= 15 is 0 Å². The van der Waals surface area contributed by atoms with Gasteiger partial charge in [-0.1, -0.05) is 6.07 Å². The Morgan fingerprint density at radius 2 is 1.97 bits per heavy atom. The van der Waals surface area contributed by atoms with Gasteiger partial charge in [0, 0.05) is 30.3 Å². The molecule has 1 aliphatic rings. The lowest BCUT2D eigenvalue weighted by Crippen LogP contribution is -2.30. The zero-order valence-corrected chi connectivity index (χ0v) is 17.1. The van der Waals surface area contributed by atoms with E-state index in [0.29, 0.717) is 5.56 Å². The number of nitrogens with one attached hydrogen (secondary N) is 1. The van der Waals surface area contributed by atoms with E-state index in [0.717, 1.165) is 28.7 Å². The molecule has 7 heteroatoms. The van der Waals surface area contributed by atoms with Crippen LogP contribution < -0.4 is 5.32 Å². The molecule has 29 heavy (non-hydrogen) atoms. The quantitative estimate of drug-likeness (QED) is 0.516. The van der Waals surface area contributed by atoms with Gasteiger partial charge in [-0.3, -0.25) is 4.98 Å². The van der Waals surface area contributed by atoms with E-state index in [-0.39, 0.29) is 18.1 Å². The lowest BCUT2D eigenvalue weighted by Gasteiger charge is -2.28. The summed E-state index contributed by atoms with van der Waals surface area (Å²) in [6, 6.07) is 17.4. The second-order valence-electron chi connectivity index (χ2n) is 6.75. The number of nitrogens with zero attached hydrogens (tertiary/aromatic N) is 3. The number of hydrogen-bond donors (Lipinski definition) is 1. The summed E-state index contributed by atoms with van der Waals surface area (Å²) in [5.74, 6) is -0.345. The molecule has 0 saturated carbocycles. The number of esters is 1. The number of hydrogen-bond acceptors (Lipinski definition) is 4. The molecule has 1 aliphatic heterocycles. The van der Waals surface area contributed by atoms with E-state index < -0.39 is 0 Å². The molecule has 0 spiro atoms. The minimum Gasteiger partial charge on any atom is -0.465 e. The van der Waals surface area contributed by atoms with Crippen molar-refractivity contribution in [3.63, 3.8) is 0 Å². The van der Waals surface area contributed by atoms with Crippen LogP contribution in [0.25, 0.3) is 5.69 Å². The molecule has 0 amide bonds. The number of likely N-dealkylation sites (N-methyl/N-ethyl adjacent to an activating group) is 1. The van der Waals surface area contributed by atoms with Gasteiger partial charge in [-0.2, -0.15) is 0 Å². The van der Waals surface area contributed by atoms with Crippen molar-refractivity contribution < 1.29 is 9.53 Å². The molecule has 0 aliphatic carbocycles. The molecule has 2 aromatic heterocycles. The van der Waals surface area contributed by atoms with Crippen molar-refractivity contribution in [2.45, 2.75) is 19.0 Å². The van der Waals surface area contributed by atoms with E-state index in [4.69, 9.17) is 17.0 Å². The number of ether oxygens (including phenoxy) is 1. The molecular formula is C22H22N4O2S. The van der Waals surface area contributed by atoms with Crippen molar-refractivity contribution in [2.24, 2.45) is 0 Å². The van der Waals surface area contributed by atoms with Gasteiger partial charge in [0.05, 0.1) is 30.5 Å². The van der Waals surface area contributed by atoms with Crippen molar-refractivity contribution in [3.8, 4) is 5.69 Å². The fourth-order valence-corrected chi connectivity index (χ4v) is 4.18. The Morgan fingerprint density at radius 3 is 2.62 bits per heavy atom. The van der Waals surface area contributed by atoms with E-state index in [9.17, 15) is 4.79 Å². The zero-order valence-electron chi connectivity index (χ0n) is 16.3. The van der Waals surface area contributed by atoms with Crippen molar-refractivity contribution in [2.75, 3.05) is 13.7 Å². The molecule has 3 heterocycles. The second-order valence-corrected chi connectivity index (χ2v) is 7.14. The first kappa shape index (κ1) is 19.1. The number of thiocarbonyl (C=S) groups is 1. The summed E-state index contributed by atoms with van der Waals surface area (Å²) in [4.78, 5) is 18.5. The third kappa shape index (κ3) is 3.49. The van der Waals surface area contributed by atoms with Crippen LogP contribution in [0, 0.1) is 0 Å². The zero-order chi connectivity index (χ0) is 20.4. The number of pyridine rings is 1. The molecule has 3 aromatic rings. The first-order valence-electron chi connectivity index (χ1n) is 9.48. The Morgan fingerprint density at radius 1 is 1.17 bits per heavy atom. The summed E-state index contributed by atoms with van der Waals surface area (Å²) in [6.07, 6.45) is 3.82. The standard InChI is InChI=1S/C22H22N4O2S/c1-3-25-20(19(24-22(25)29)17-7-4-5-13-23-17)18-8-6-14-26(18)16-11-9-15(10-12-16)21(27)28-2/h4-14,19-20H,3H2,1-2H3,(H,24,29)/t19-,20-/m0/s1. The number of rotatable bonds is 5. The Bertz CT molecular complexity index is 1020. The maximum absolute atomic E-state index is 11.7. The third-order valence-corrected chi connectivity index (χ3v) is 5.54. The summed E-state index contributed by atoms with van der Waals surface area (Å²) in [6.45, 7) is 2.88.